The molecule has 2 fully saturated rings. The summed E-state index contributed by atoms with van der Waals surface area (Å²) in [5.74, 6) is -1.43. The Bertz CT molecular complexity index is 794. The Kier molecular flexibility index (Phi) is 4.44. The molecule has 6 nitrogen and oxygen atoms in total. The Morgan fingerprint density at radius 1 is 0.962 bits per heavy atom. The van der Waals surface area contributed by atoms with Gasteiger partial charge in [0.1, 0.15) is 6.10 Å². The van der Waals surface area contributed by atoms with Gasteiger partial charge in [-0.3, -0.25) is 4.79 Å². The minimum atomic E-state index is -1.14. The van der Waals surface area contributed by atoms with Crippen molar-refractivity contribution in [3.05, 3.63) is 71.8 Å². The van der Waals surface area contributed by atoms with E-state index < -0.39 is 30.5 Å². The molecule has 4 rings (SSSR count). The van der Waals surface area contributed by atoms with E-state index in [1.54, 1.807) is 4.90 Å². The second-order valence-electron chi connectivity index (χ2n) is 6.54. The second kappa shape index (κ2) is 6.90. The molecule has 134 valence electrons. The number of amides is 1. The van der Waals surface area contributed by atoms with Crippen LogP contribution in [0.5, 0.6) is 0 Å². The lowest BCUT2D eigenvalue weighted by molar-refractivity contribution is -0.179. The molecule has 1 amide bonds. The number of carboxylic acid groups (broad SMARTS) is 1. The van der Waals surface area contributed by atoms with E-state index in [4.69, 9.17) is 9.47 Å². The molecule has 2 aliphatic heterocycles. The minimum absolute atomic E-state index is 0.324. The minimum Gasteiger partial charge on any atom is -0.479 e. The molecule has 2 heterocycles. The van der Waals surface area contributed by atoms with E-state index in [0.717, 1.165) is 11.1 Å². The molecule has 2 bridgehead atoms. The van der Waals surface area contributed by atoms with Gasteiger partial charge in [0.15, 0.2) is 6.10 Å². The third kappa shape index (κ3) is 3.09. The van der Waals surface area contributed by atoms with Crippen molar-refractivity contribution in [3.63, 3.8) is 0 Å². The standard InChI is InChI=1S/C20H19NO5/c22-18-20-25-16(17(26-20)19(23)24)15(11-13-7-3-1-4-8-13)21(18)12-14-9-5-2-6-10-14/h1-10,15-17,20H,11-12H2,(H,23,24)/t15-,16-,17-,20+/m0/s1. The Balaban J connectivity index is 1.67. The first kappa shape index (κ1) is 16.8. The molecule has 0 radical (unpaired) electrons. The van der Waals surface area contributed by atoms with E-state index in [2.05, 4.69) is 0 Å². The number of morpholine rings is 1. The highest BCUT2D eigenvalue weighted by Gasteiger charge is 2.55. The van der Waals surface area contributed by atoms with Crippen molar-refractivity contribution >= 4 is 11.9 Å². The Morgan fingerprint density at radius 2 is 1.58 bits per heavy atom. The molecule has 2 aromatic rings. The quantitative estimate of drug-likeness (QED) is 0.888. The zero-order valence-corrected chi connectivity index (χ0v) is 14.0. The molecule has 0 saturated carbocycles. The number of carboxylic acids is 1. The van der Waals surface area contributed by atoms with Crippen molar-refractivity contribution in [3.8, 4) is 0 Å². The van der Waals surface area contributed by atoms with Crippen molar-refractivity contribution in [2.24, 2.45) is 0 Å². The van der Waals surface area contributed by atoms with Gasteiger partial charge in [0, 0.05) is 6.54 Å². The number of ether oxygens (including phenoxy) is 2. The number of aliphatic carboxylic acids is 1. The van der Waals surface area contributed by atoms with Crippen LogP contribution in [0.3, 0.4) is 0 Å². The molecule has 2 aliphatic rings. The van der Waals surface area contributed by atoms with Gasteiger partial charge in [0.05, 0.1) is 6.04 Å². The number of fused-ring (bicyclic) bond motifs is 2. The fourth-order valence-electron chi connectivity index (χ4n) is 3.60. The molecule has 26 heavy (non-hydrogen) atoms. The van der Waals surface area contributed by atoms with Crippen LogP contribution in [0, 0.1) is 0 Å². The van der Waals surface area contributed by atoms with Gasteiger partial charge >= 0.3 is 5.97 Å². The van der Waals surface area contributed by atoms with Crippen molar-refractivity contribution < 1.29 is 24.2 Å². The van der Waals surface area contributed by atoms with Crippen molar-refractivity contribution in [2.45, 2.75) is 37.5 Å². The normalized spacial score (nSPS) is 27.5. The predicted octanol–water partition coefficient (Wildman–Crippen LogP) is 1.83. The van der Waals surface area contributed by atoms with Gasteiger partial charge in [0.2, 0.25) is 6.29 Å². The summed E-state index contributed by atoms with van der Waals surface area (Å²) in [6, 6.07) is 18.9. The van der Waals surface area contributed by atoms with Crippen molar-refractivity contribution in [2.75, 3.05) is 0 Å². The number of hydrogen-bond donors (Lipinski definition) is 1. The first-order valence-corrected chi connectivity index (χ1v) is 8.55. The van der Waals surface area contributed by atoms with E-state index in [-0.39, 0.29) is 5.91 Å². The molecule has 0 aromatic heterocycles. The smallest absolute Gasteiger partial charge is 0.335 e. The highest BCUT2D eigenvalue weighted by Crippen LogP contribution is 2.34. The van der Waals surface area contributed by atoms with E-state index in [0.29, 0.717) is 13.0 Å². The molecule has 2 aromatic carbocycles. The zero-order valence-electron chi connectivity index (χ0n) is 14.0. The molecule has 4 atom stereocenters. The summed E-state index contributed by atoms with van der Waals surface area (Å²) >= 11 is 0. The van der Waals surface area contributed by atoms with Crippen LogP contribution >= 0.6 is 0 Å². The lowest BCUT2D eigenvalue weighted by Crippen LogP contribution is -2.57. The van der Waals surface area contributed by atoms with Crippen LogP contribution in [0.15, 0.2) is 60.7 Å². The fraction of sp³-hybridized carbons (Fsp3) is 0.300. The van der Waals surface area contributed by atoms with Crippen LogP contribution in [-0.4, -0.2) is 46.4 Å². The maximum absolute atomic E-state index is 12.8. The lowest BCUT2D eigenvalue weighted by atomic mass is 9.95. The third-order valence-electron chi connectivity index (χ3n) is 4.84. The summed E-state index contributed by atoms with van der Waals surface area (Å²) in [6.45, 7) is 0.392. The van der Waals surface area contributed by atoms with Gasteiger partial charge in [-0.25, -0.2) is 4.79 Å². The van der Waals surface area contributed by atoms with Crippen LogP contribution in [0.2, 0.25) is 0 Å². The molecule has 0 aliphatic carbocycles. The third-order valence-corrected chi connectivity index (χ3v) is 4.84. The summed E-state index contributed by atoms with van der Waals surface area (Å²) < 4.78 is 11.0. The number of hydrogen-bond acceptors (Lipinski definition) is 4. The number of nitrogens with zero attached hydrogens (tertiary/aromatic N) is 1. The molecular formula is C20H19NO5. The van der Waals surface area contributed by atoms with E-state index in [1.165, 1.54) is 0 Å². The Hall–Kier alpha value is -2.70. The highest BCUT2D eigenvalue weighted by atomic mass is 16.7. The number of carbonyl (C=O) groups excluding carboxylic acids is 1. The number of rotatable bonds is 5. The molecule has 2 saturated heterocycles. The average Bonchev–Trinajstić information content (AvgIpc) is 3.07. The fourth-order valence-corrected chi connectivity index (χ4v) is 3.60. The first-order valence-electron chi connectivity index (χ1n) is 8.55. The first-order chi connectivity index (χ1) is 12.6. The van der Waals surface area contributed by atoms with Crippen LogP contribution in [-0.2, 0) is 32.0 Å². The Labute approximate surface area is 151 Å². The highest BCUT2D eigenvalue weighted by molar-refractivity contribution is 5.84. The van der Waals surface area contributed by atoms with Crippen molar-refractivity contribution in [1.29, 1.82) is 0 Å². The van der Waals surface area contributed by atoms with Gasteiger partial charge in [-0.1, -0.05) is 60.7 Å². The zero-order chi connectivity index (χ0) is 18.1. The predicted molar refractivity (Wildman–Crippen MR) is 92.1 cm³/mol. The summed E-state index contributed by atoms with van der Waals surface area (Å²) in [6.07, 6.45) is -2.47. The van der Waals surface area contributed by atoms with Crippen LogP contribution in [0.25, 0.3) is 0 Å². The number of benzene rings is 2. The maximum Gasteiger partial charge on any atom is 0.335 e. The molecule has 1 N–H and O–H groups in total. The van der Waals surface area contributed by atoms with E-state index in [9.17, 15) is 14.7 Å². The maximum atomic E-state index is 12.8. The van der Waals surface area contributed by atoms with Crippen molar-refractivity contribution in [1.82, 2.24) is 4.90 Å². The number of carbonyl (C=O) groups is 2. The molecular weight excluding hydrogens is 334 g/mol. The van der Waals surface area contributed by atoms with Gasteiger partial charge in [-0.05, 0) is 17.5 Å². The Morgan fingerprint density at radius 3 is 2.19 bits per heavy atom. The topological polar surface area (TPSA) is 76.1 Å². The van der Waals surface area contributed by atoms with Gasteiger partial charge in [-0.2, -0.15) is 0 Å². The van der Waals surface area contributed by atoms with Crippen LogP contribution in [0.1, 0.15) is 11.1 Å². The molecule has 6 heteroatoms. The van der Waals surface area contributed by atoms with Crippen LogP contribution in [0.4, 0.5) is 0 Å². The monoisotopic (exact) mass is 353 g/mol. The van der Waals surface area contributed by atoms with Gasteiger partial charge in [0.25, 0.3) is 5.91 Å². The van der Waals surface area contributed by atoms with E-state index in [1.807, 2.05) is 60.7 Å². The lowest BCUT2D eigenvalue weighted by Gasteiger charge is -2.39. The van der Waals surface area contributed by atoms with Gasteiger partial charge in [-0.15, -0.1) is 0 Å². The molecule has 0 spiro atoms. The average molecular weight is 353 g/mol. The van der Waals surface area contributed by atoms with Gasteiger partial charge < -0.3 is 19.5 Å². The second-order valence-corrected chi connectivity index (χ2v) is 6.54. The summed E-state index contributed by atoms with van der Waals surface area (Å²) in [7, 11) is 0. The van der Waals surface area contributed by atoms with Crippen LogP contribution < -0.4 is 0 Å². The summed E-state index contributed by atoms with van der Waals surface area (Å²) in [5, 5.41) is 9.47. The molecule has 0 unspecified atom stereocenters. The summed E-state index contributed by atoms with van der Waals surface area (Å²) in [5.41, 5.74) is 1.99. The largest absolute Gasteiger partial charge is 0.479 e. The SMILES string of the molecule is O=C(O)[C@H]1O[C@H]2O[C@H]1[C@H](Cc1ccccc1)N(Cc1ccccc1)C2=O. The summed E-state index contributed by atoms with van der Waals surface area (Å²) in [4.78, 5) is 26.1. The van der Waals surface area contributed by atoms with E-state index >= 15 is 0 Å².